The lowest BCUT2D eigenvalue weighted by Crippen LogP contribution is -2.61. The fraction of sp³-hybridized carbons (Fsp3) is 0.294. The van der Waals surface area contributed by atoms with Crippen molar-refractivity contribution in [2.24, 2.45) is 0 Å². The summed E-state index contributed by atoms with van der Waals surface area (Å²) in [5.74, 6) is 0. The zero-order valence-electron chi connectivity index (χ0n) is 33.9. The number of nitrogens with zero attached hydrogens (tertiary/aromatic N) is 2. The first kappa shape index (κ1) is 33.5. The van der Waals surface area contributed by atoms with E-state index in [-0.39, 0.29) is 28.5 Å². The van der Waals surface area contributed by atoms with Crippen LogP contribution in [0.3, 0.4) is 0 Å². The van der Waals surface area contributed by atoms with Crippen molar-refractivity contribution in [3.05, 3.63) is 137 Å². The third-order valence-electron chi connectivity index (χ3n) is 13.0. The molecule has 0 spiro atoms. The Morgan fingerprint density at radius 2 is 1.19 bits per heavy atom. The van der Waals surface area contributed by atoms with Crippen molar-refractivity contribution in [2.45, 2.75) is 97.8 Å². The van der Waals surface area contributed by atoms with Gasteiger partial charge in [0.2, 0.25) is 0 Å². The van der Waals surface area contributed by atoms with Crippen LogP contribution in [0.1, 0.15) is 104 Å². The van der Waals surface area contributed by atoms with Crippen LogP contribution in [0.25, 0.3) is 49.7 Å². The molecule has 6 aromatic carbocycles. The van der Waals surface area contributed by atoms with Gasteiger partial charge in [0.1, 0.15) is 0 Å². The second-order valence-corrected chi connectivity index (χ2v) is 19.9. The molecule has 2 aliphatic heterocycles. The normalized spacial score (nSPS) is 15.4. The van der Waals surface area contributed by atoms with E-state index in [9.17, 15) is 0 Å². The lowest BCUT2D eigenvalue weighted by Gasteiger charge is -2.43. The predicted molar refractivity (Wildman–Crippen MR) is 233 cm³/mol. The van der Waals surface area contributed by atoms with Crippen molar-refractivity contribution in [3.8, 4) is 27.9 Å². The van der Waals surface area contributed by atoms with Crippen LogP contribution in [0.15, 0.2) is 109 Å². The van der Waals surface area contributed by atoms with Crippen LogP contribution in [0.4, 0.5) is 11.4 Å². The van der Waals surface area contributed by atoms with Crippen LogP contribution in [0, 0.1) is 0 Å². The van der Waals surface area contributed by atoms with Gasteiger partial charge < -0.3 is 9.38 Å². The van der Waals surface area contributed by atoms with Crippen LogP contribution >= 0.6 is 0 Å². The summed E-state index contributed by atoms with van der Waals surface area (Å²) in [6.45, 7) is 25.9. The third kappa shape index (κ3) is 4.42. The molecule has 2 nitrogen and oxygen atoms in total. The molecule has 1 aliphatic carbocycles. The number of hydrogen-bond donors (Lipinski definition) is 0. The van der Waals surface area contributed by atoms with E-state index in [0.29, 0.717) is 0 Å². The highest BCUT2D eigenvalue weighted by Crippen LogP contribution is 2.52. The van der Waals surface area contributed by atoms with Gasteiger partial charge in [-0.2, -0.15) is 0 Å². The summed E-state index contributed by atoms with van der Waals surface area (Å²) in [4.78, 5) is 2.67. The number of hydrogen-bond acceptors (Lipinski definition) is 1. The number of benzene rings is 6. The number of para-hydroxylation sites is 1. The Labute approximate surface area is 322 Å². The number of anilines is 2. The molecule has 1 aromatic heterocycles. The minimum Gasteiger partial charge on any atom is -0.376 e. The van der Waals surface area contributed by atoms with Gasteiger partial charge in [0, 0.05) is 38.8 Å². The van der Waals surface area contributed by atoms with Gasteiger partial charge in [-0.05, 0) is 108 Å². The van der Waals surface area contributed by atoms with E-state index < -0.39 is 0 Å². The van der Waals surface area contributed by atoms with E-state index in [4.69, 9.17) is 0 Å². The maximum absolute atomic E-state index is 2.67. The molecule has 0 radical (unpaired) electrons. The quantitative estimate of drug-likeness (QED) is 0.155. The molecule has 3 heterocycles. The monoisotopic (exact) mass is 702 g/mol. The van der Waals surface area contributed by atoms with Gasteiger partial charge in [-0.3, -0.25) is 0 Å². The van der Waals surface area contributed by atoms with E-state index >= 15 is 0 Å². The maximum Gasteiger partial charge on any atom is 0.333 e. The standard InChI is InChI=1S/C51H51BN2/c1-48(2,3)30-20-23-32(24-21-30)54-43-19-15-13-17-34(43)36-27-40(50(7,8)9)45-37-26-31(49(4,5)6)22-25-42(37)53-44-28-35-33-16-12-14-18-38(33)51(10,11)39(35)29-41(44)52(54)46(36)47(45)53/h12-29H,1-11H3. The molecule has 0 unspecified atom stereocenters. The molecular weight excluding hydrogens is 651 g/mol. The van der Waals surface area contributed by atoms with Crippen molar-refractivity contribution in [3.63, 3.8) is 0 Å². The summed E-state index contributed by atoms with van der Waals surface area (Å²) < 4.78 is 2.67. The Morgan fingerprint density at radius 3 is 1.87 bits per heavy atom. The van der Waals surface area contributed by atoms with Gasteiger partial charge >= 0.3 is 6.85 Å². The summed E-state index contributed by atoms with van der Waals surface area (Å²) in [6, 6.07) is 42.7. The summed E-state index contributed by atoms with van der Waals surface area (Å²) >= 11 is 0. The molecular formula is C51H51BN2. The van der Waals surface area contributed by atoms with Gasteiger partial charge in [0.25, 0.3) is 0 Å². The summed E-state index contributed by atoms with van der Waals surface area (Å²) in [5, 5.41) is 2.76. The molecule has 0 fully saturated rings. The third-order valence-corrected chi connectivity index (χ3v) is 13.0. The minimum absolute atomic E-state index is 0.00869. The molecule has 0 bridgehead atoms. The Bertz CT molecular complexity index is 2740. The molecule has 268 valence electrons. The largest absolute Gasteiger partial charge is 0.376 e. The Kier molecular flexibility index (Phi) is 6.58. The van der Waals surface area contributed by atoms with E-state index in [1.807, 2.05) is 0 Å². The number of rotatable bonds is 1. The minimum atomic E-state index is -0.110. The molecule has 0 amide bonds. The van der Waals surface area contributed by atoms with Crippen LogP contribution in [-0.4, -0.2) is 11.4 Å². The van der Waals surface area contributed by atoms with Crippen LogP contribution in [-0.2, 0) is 21.7 Å². The van der Waals surface area contributed by atoms with Gasteiger partial charge in [0.15, 0.2) is 0 Å². The van der Waals surface area contributed by atoms with Gasteiger partial charge in [-0.1, -0.05) is 149 Å². The second kappa shape index (κ2) is 10.6. The lowest BCUT2D eigenvalue weighted by atomic mass is 9.43. The molecule has 10 rings (SSSR count). The Hall–Kier alpha value is -5.02. The highest BCUT2D eigenvalue weighted by molar-refractivity contribution is 6.93. The maximum atomic E-state index is 2.67. The van der Waals surface area contributed by atoms with Crippen LogP contribution < -0.4 is 15.7 Å². The van der Waals surface area contributed by atoms with Crippen LogP contribution in [0.5, 0.6) is 0 Å². The van der Waals surface area contributed by atoms with Crippen molar-refractivity contribution < 1.29 is 0 Å². The first-order valence-corrected chi connectivity index (χ1v) is 19.9. The fourth-order valence-corrected chi connectivity index (χ4v) is 10.1. The zero-order chi connectivity index (χ0) is 37.9. The molecule has 54 heavy (non-hydrogen) atoms. The average molecular weight is 703 g/mol. The molecule has 3 aliphatic rings. The SMILES string of the molecule is CC(C)(C)c1ccc(N2B3c4cc5c(cc4-n4c6ccc(C(C)(C)C)cc6c6c(C(C)(C)C)cc(c3c64)-c3ccccc32)-c2ccccc2C5(C)C)cc1. The van der Waals surface area contributed by atoms with E-state index in [0.717, 1.165) is 0 Å². The Balaban J connectivity index is 1.41. The van der Waals surface area contributed by atoms with Crippen molar-refractivity contribution in [1.82, 2.24) is 4.57 Å². The summed E-state index contributed by atoms with van der Waals surface area (Å²) in [6.07, 6.45) is 0. The van der Waals surface area contributed by atoms with E-state index in [1.54, 1.807) is 0 Å². The molecule has 0 saturated carbocycles. The zero-order valence-corrected chi connectivity index (χ0v) is 33.9. The highest BCUT2D eigenvalue weighted by atomic mass is 15.1. The topological polar surface area (TPSA) is 8.17 Å². The predicted octanol–water partition coefficient (Wildman–Crippen LogP) is 12.2. The fourth-order valence-electron chi connectivity index (χ4n) is 10.1. The summed E-state index contributed by atoms with van der Waals surface area (Å²) in [5.41, 5.74) is 21.6. The molecule has 0 saturated heterocycles. The molecule has 0 atom stereocenters. The highest BCUT2D eigenvalue weighted by Gasteiger charge is 2.47. The smallest absolute Gasteiger partial charge is 0.333 e. The van der Waals surface area contributed by atoms with Gasteiger partial charge in [-0.15, -0.1) is 0 Å². The second-order valence-electron chi connectivity index (χ2n) is 19.9. The lowest BCUT2D eigenvalue weighted by molar-refractivity contribution is 0.590. The van der Waals surface area contributed by atoms with Crippen molar-refractivity contribution in [2.75, 3.05) is 4.81 Å². The average Bonchev–Trinajstić information content (AvgIpc) is 3.58. The first-order chi connectivity index (χ1) is 25.5. The van der Waals surface area contributed by atoms with Crippen molar-refractivity contribution >= 4 is 51.0 Å². The van der Waals surface area contributed by atoms with E-state index in [1.165, 1.54) is 99.9 Å². The Morgan fingerprint density at radius 1 is 0.537 bits per heavy atom. The number of fused-ring (bicyclic) bond motifs is 11. The van der Waals surface area contributed by atoms with Crippen LogP contribution in [0.2, 0.25) is 0 Å². The van der Waals surface area contributed by atoms with Crippen molar-refractivity contribution in [1.29, 1.82) is 0 Å². The number of aromatic nitrogens is 1. The van der Waals surface area contributed by atoms with Gasteiger partial charge in [-0.25, -0.2) is 0 Å². The molecule has 3 heteroatoms. The van der Waals surface area contributed by atoms with E-state index in [2.05, 4.69) is 195 Å². The molecule has 7 aromatic rings. The molecule has 0 N–H and O–H groups in total. The van der Waals surface area contributed by atoms with Gasteiger partial charge in [0.05, 0.1) is 11.0 Å². The summed E-state index contributed by atoms with van der Waals surface area (Å²) in [7, 11) is 0. The first-order valence-electron chi connectivity index (χ1n) is 19.9.